The molecule has 0 aromatic carbocycles. The zero-order valence-electron chi connectivity index (χ0n) is 11.0. The second-order valence-electron chi connectivity index (χ2n) is 5.55. The molecule has 0 rings (SSSR count). The van der Waals surface area contributed by atoms with Crippen LogP contribution >= 0.6 is 0 Å². The summed E-state index contributed by atoms with van der Waals surface area (Å²) in [7, 11) is 0. The smallest absolute Gasteiger partial charge is 0.0694 e. The topological polar surface area (TPSA) is 43.7 Å². The fourth-order valence-electron chi connectivity index (χ4n) is 1.90. The van der Waals surface area contributed by atoms with Crippen LogP contribution in [0.1, 0.15) is 48.0 Å². The summed E-state index contributed by atoms with van der Waals surface area (Å²) in [5.74, 6) is 0. The Hall–Kier alpha value is -0.120. The van der Waals surface area contributed by atoms with Crippen LogP contribution in [0.3, 0.4) is 0 Å². The van der Waals surface area contributed by atoms with Gasteiger partial charge in [-0.1, -0.05) is 0 Å². The lowest BCUT2D eigenvalue weighted by molar-refractivity contribution is -0.00368. The van der Waals surface area contributed by atoms with Crippen LogP contribution < -0.4 is 0 Å². The minimum atomic E-state index is -0.793. The number of aliphatic hydroxyl groups is 2. The molecule has 0 radical (unpaired) electrons. The fraction of sp³-hybridized carbons (Fsp3) is 1.00. The zero-order chi connectivity index (χ0) is 12.2. The van der Waals surface area contributed by atoms with Gasteiger partial charge in [0.1, 0.15) is 0 Å². The standard InChI is InChI=1S/C12H27NO2/c1-9(2)13(10(3)4)8-11(14)7-12(5,6)15/h9-11,14-15H,7-8H2,1-6H3. The minimum absolute atomic E-state index is 0.418. The van der Waals surface area contributed by atoms with E-state index in [0.29, 0.717) is 25.0 Å². The average Bonchev–Trinajstić information content (AvgIpc) is 1.95. The van der Waals surface area contributed by atoms with Crippen molar-refractivity contribution in [2.45, 2.75) is 71.8 Å². The maximum absolute atomic E-state index is 9.85. The van der Waals surface area contributed by atoms with Crippen LogP contribution in [0.2, 0.25) is 0 Å². The van der Waals surface area contributed by atoms with Crippen LogP contribution in [0, 0.1) is 0 Å². The Balaban J connectivity index is 4.18. The Labute approximate surface area is 94.1 Å². The summed E-state index contributed by atoms with van der Waals surface area (Å²) in [4.78, 5) is 2.23. The summed E-state index contributed by atoms with van der Waals surface area (Å²) in [6.07, 6.45) is -0.0436. The molecular formula is C12H27NO2. The molecule has 1 unspecified atom stereocenters. The molecule has 1 atom stereocenters. The Kier molecular flexibility index (Phi) is 5.78. The highest BCUT2D eigenvalue weighted by Gasteiger charge is 2.22. The molecule has 0 aliphatic rings. The maximum atomic E-state index is 9.85. The highest BCUT2D eigenvalue weighted by molar-refractivity contribution is 4.76. The summed E-state index contributed by atoms with van der Waals surface area (Å²) in [6.45, 7) is 12.6. The Bertz CT molecular complexity index is 165. The first kappa shape index (κ1) is 14.9. The predicted molar refractivity (Wildman–Crippen MR) is 63.9 cm³/mol. The van der Waals surface area contributed by atoms with Gasteiger partial charge in [0.15, 0.2) is 0 Å². The van der Waals surface area contributed by atoms with Gasteiger partial charge in [0.2, 0.25) is 0 Å². The van der Waals surface area contributed by atoms with Crippen LogP contribution in [-0.4, -0.2) is 45.4 Å². The molecule has 0 saturated carbocycles. The van der Waals surface area contributed by atoms with E-state index in [9.17, 15) is 10.2 Å². The fourth-order valence-corrected chi connectivity index (χ4v) is 1.90. The molecule has 0 saturated heterocycles. The first-order chi connectivity index (χ1) is 6.63. The van der Waals surface area contributed by atoms with Gasteiger partial charge >= 0.3 is 0 Å². The molecule has 2 N–H and O–H groups in total. The average molecular weight is 217 g/mol. The van der Waals surface area contributed by atoms with Crippen molar-refractivity contribution in [2.24, 2.45) is 0 Å². The van der Waals surface area contributed by atoms with Gasteiger partial charge in [0.25, 0.3) is 0 Å². The van der Waals surface area contributed by atoms with E-state index < -0.39 is 11.7 Å². The van der Waals surface area contributed by atoms with Crippen molar-refractivity contribution in [2.75, 3.05) is 6.54 Å². The molecule has 0 heterocycles. The van der Waals surface area contributed by atoms with Gasteiger partial charge in [-0.05, 0) is 41.5 Å². The van der Waals surface area contributed by atoms with Gasteiger partial charge in [0.05, 0.1) is 11.7 Å². The van der Waals surface area contributed by atoms with Crippen LogP contribution in [0.4, 0.5) is 0 Å². The lowest BCUT2D eigenvalue weighted by Gasteiger charge is -2.33. The third kappa shape index (κ3) is 6.88. The molecule has 3 nitrogen and oxygen atoms in total. The molecule has 15 heavy (non-hydrogen) atoms. The van der Waals surface area contributed by atoms with Crippen molar-refractivity contribution in [3.63, 3.8) is 0 Å². The van der Waals surface area contributed by atoms with Crippen molar-refractivity contribution in [3.05, 3.63) is 0 Å². The first-order valence-electron chi connectivity index (χ1n) is 5.79. The normalized spacial score (nSPS) is 15.4. The molecule has 0 bridgehead atoms. The molecule has 92 valence electrons. The van der Waals surface area contributed by atoms with Crippen molar-refractivity contribution < 1.29 is 10.2 Å². The molecule has 0 aromatic heterocycles. The molecule has 0 fully saturated rings. The molecule has 3 heteroatoms. The first-order valence-corrected chi connectivity index (χ1v) is 5.79. The van der Waals surface area contributed by atoms with E-state index in [1.807, 2.05) is 0 Å². The summed E-state index contributed by atoms with van der Waals surface area (Å²) >= 11 is 0. The van der Waals surface area contributed by atoms with E-state index in [4.69, 9.17) is 0 Å². The molecule has 0 spiro atoms. The van der Waals surface area contributed by atoms with E-state index >= 15 is 0 Å². The number of aliphatic hydroxyl groups excluding tert-OH is 1. The third-order valence-corrected chi connectivity index (χ3v) is 2.48. The summed E-state index contributed by atoms with van der Waals surface area (Å²) < 4.78 is 0. The van der Waals surface area contributed by atoms with Gasteiger partial charge in [0, 0.05) is 25.0 Å². The Morgan fingerprint density at radius 1 is 1.07 bits per heavy atom. The quantitative estimate of drug-likeness (QED) is 0.710. The molecule has 0 aromatic rings. The highest BCUT2D eigenvalue weighted by atomic mass is 16.3. The summed E-state index contributed by atoms with van der Waals surface area (Å²) in [5, 5.41) is 19.5. The van der Waals surface area contributed by atoms with E-state index in [2.05, 4.69) is 32.6 Å². The second-order valence-corrected chi connectivity index (χ2v) is 5.55. The van der Waals surface area contributed by atoms with Gasteiger partial charge in [-0.3, -0.25) is 4.90 Å². The van der Waals surface area contributed by atoms with E-state index in [0.717, 1.165) is 0 Å². The van der Waals surface area contributed by atoms with Crippen LogP contribution in [-0.2, 0) is 0 Å². The number of rotatable bonds is 6. The monoisotopic (exact) mass is 217 g/mol. The summed E-state index contributed by atoms with van der Waals surface area (Å²) in [6, 6.07) is 0.836. The minimum Gasteiger partial charge on any atom is -0.392 e. The number of hydrogen-bond acceptors (Lipinski definition) is 3. The SMILES string of the molecule is CC(C)N(CC(O)CC(C)(C)O)C(C)C. The van der Waals surface area contributed by atoms with Crippen LogP contribution in [0.15, 0.2) is 0 Å². The van der Waals surface area contributed by atoms with Crippen LogP contribution in [0.25, 0.3) is 0 Å². The largest absolute Gasteiger partial charge is 0.392 e. The van der Waals surface area contributed by atoms with Gasteiger partial charge in [-0.25, -0.2) is 0 Å². The van der Waals surface area contributed by atoms with E-state index in [1.54, 1.807) is 13.8 Å². The van der Waals surface area contributed by atoms with Gasteiger partial charge < -0.3 is 10.2 Å². The Morgan fingerprint density at radius 3 is 1.73 bits per heavy atom. The predicted octanol–water partition coefficient (Wildman–Crippen LogP) is 1.63. The molecule has 0 aliphatic heterocycles. The van der Waals surface area contributed by atoms with E-state index in [1.165, 1.54) is 0 Å². The molecule has 0 aliphatic carbocycles. The van der Waals surface area contributed by atoms with Crippen molar-refractivity contribution >= 4 is 0 Å². The highest BCUT2D eigenvalue weighted by Crippen LogP contribution is 2.14. The van der Waals surface area contributed by atoms with Gasteiger partial charge in [-0.15, -0.1) is 0 Å². The van der Waals surface area contributed by atoms with Gasteiger partial charge in [-0.2, -0.15) is 0 Å². The van der Waals surface area contributed by atoms with Crippen molar-refractivity contribution in [1.29, 1.82) is 0 Å². The lowest BCUT2D eigenvalue weighted by atomic mass is 10.00. The second kappa shape index (κ2) is 5.83. The number of nitrogens with zero attached hydrogens (tertiary/aromatic N) is 1. The number of hydrogen-bond donors (Lipinski definition) is 2. The zero-order valence-corrected chi connectivity index (χ0v) is 11.0. The summed E-state index contributed by atoms with van der Waals surface area (Å²) in [5.41, 5.74) is -0.793. The van der Waals surface area contributed by atoms with Crippen LogP contribution in [0.5, 0.6) is 0 Å². The molecule has 0 amide bonds. The van der Waals surface area contributed by atoms with Crippen molar-refractivity contribution in [1.82, 2.24) is 4.90 Å². The maximum Gasteiger partial charge on any atom is 0.0694 e. The lowest BCUT2D eigenvalue weighted by Crippen LogP contribution is -2.43. The van der Waals surface area contributed by atoms with Crippen molar-refractivity contribution in [3.8, 4) is 0 Å². The van der Waals surface area contributed by atoms with E-state index in [-0.39, 0.29) is 0 Å². The Morgan fingerprint density at radius 2 is 1.47 bits per heavy atom. The molecular weight excluding hydrogens is 190 g/mol. The third-order valence-electron chi connectivity index (χ3n) is 2.48.